The molecule has 1 aliphatic carbocycles. The van der Waals surface area contributed by atoms with Gasteiger partial charge in [0.15, 0.2) is 0 Å². The Morgan fingerprint density at radius 3 is 2.60 bits per heavy atom. The highest BCUT2D eigenvalue weighted by Gasteiger charge is 2.41. The van der Waals surface area contributed by atoms with Crippen molar-refractivity contribution < 1.29 is 9.53 Å². The Morgan fingerprint density at radius 2 is 2.07 bits per heavy atom. The molecule has 1 fully saturated rings. The molecule has 1 aromatic carbocycles. The van der Waals surface area contributed by atoms with E-state index in [0.717, 1.165) is 5.75 Å². The van der Waals surface area contributed by atoms with Crippen LogP contribution in [0, 0.1) is 3.57 Å². The highest BCUT2D eigenvalue weighted by atomic mass is 127. The molecule has 0 unspecified atom stereocenters. The normalized spacial score (nSPS) is 18.5. The van der Waals surface area contributed by atoms with E-state index in [1.807, 2.05) is 18.2 Å². The van der Waals surface area contributed by atoms with Crippen molar-refractivity contribution >= 4 is 28.4 Å². The van der Waals surface area contributed by atoms with E-state index in [9.17, 15) is 4.79 Å². The van der Waals surface area contributed by atoms with Gasteiger partial charge in [-0.2, -0.15) is 0 Å². The number of carbonyl (C=O) groups is 1. The van der Waals surface area contributed by atoms with Crippen molar-refractivity contribution in [3.8, 4) is 5.75 Å². The maximum Gasteiger partial charge on any atom is 0.134 e. The Kier molecular flexibility index (Phi) is 2.75. The Bertz CT molecular complexity index is 404. The van der Waals surface area contributed by atoms with E-state index in [2.05, 4.69) is 29.5 Å². The first kappa shape index (κ1) is 10.9. The number of rotatable bonds is 2. The van der Waals surface area contributed by atoms with Gasteiger partial charge in [-0.05, 0) is 46.4 Å². The zero-order valence-electron chi connectivity index (χ0n) is 8.84. The van der Waals surface area contributed by atoms with Gasteiger partial charge in [0.2, 0.25) is 0 Å². The summed E-state index contributed by atoms with van der Waals surface area (Å²) < 4.78 is 6.42. The highest BCUT2D eigenvalue weighted by molar-refractivity contribution is 14.1. The van der Waals surface area contributed by atoms with Crippen molar-refractivity contribution in [2.45, 2.75) is 25.2 Å². The van der Waals surface area contributed by atoms with E-state index in [0.29, 0.717) is 18.6 Å². The van der Waals surface area contributed by atoms with Crippen molar-refractivity contribution in [1.82, 2.24) is 0 Å². The van der Waals surface area contributed by atoms with Crippen LogP contribution in [0.1, 0.15) is 25.3 Å². The average molecular weight is 316 g/mol. The lowest BCUT2D eigenvalue weighted by molar-refractivity contribution is -0.127. The van der Waals surface area contributed by atoms with Gasteiger partial charge >= 0.3 is 0 Å². The molecular weight excluding hydrogens is 303 g/mol. The van der Waals surface area contributed by atoms with Gasteiger partial charge in [0, 0.05) is 21.8 Å². The third kappa shape index (κ3) is 1.89. The lowest BCUT2D eigenvalue weighted by Crippen LogP contribution is -2.39. The summed E-state index contributed by atoms with van der Waals surface area (Å²) in [4.78, 5) is 11.1. The van der Waals surface area contributed by atoms with Gasteiger partial charge in [0.1, 0.15) is 11.5 Å². The molecule has 0 bridgehead atoms. The number of hydrogen-bond donors (Lipinski definition) is 0. The Morgan fingerprint density at radius 1 is 1.40 bits per heavy atom. The summed E-state index contributed by atoms with van der Waals surface area (Å²) in [6.45, 7) is 2.14. The zero-order chi connectivity index (χ0) is 11.1. The fourth-order valence-electron chi connectivity index (χ4n) is 2.10. The van der Waals surface area contributed by atoms with Gasteiger partial charge in [0.25, 0.3) is 0 Å². The molecule has 0 spiro atoms. The van der Waals surface area contributed by atoms with Crippen molar-refractivity contribution in [1.29, 1.82) is 0 Å². The maximum atomic E-state index is 11.1. The molecule has 0 heterocycles. The molecule has 3 heteroatoms. The van der Waals surface area contributed by atoms with E-state index in [-0.39, 0.29) is 5.41 Å². The molecule has 2 rings (SSSR count). The van der Waals surface area contributed by atoms with Gasteiger partial charge in [0.05, 0.1) is 7.11 Å². The summed E-state index contributed by atoms with van der Waals surface area (Å²) in [6, 6.07) is 6.05. The largest absolute Gasteiger partial charge is 0.497 e. The fraction of sp³-hybridized carbons (Fsp3) is 0.417. The molecular formula is C12H13IO2. The zero-order valence-corrected chi connectivity index (χ0v) is 11.0. The molecule has 15 heavy (non-hydrogen) atoms. The van der Waals surface area contributed by atoms with Crippen LogP contribution in [-0.2, 0) is 10.2 Å². The van der Waals surface area contributed by atoms with Crippen molar-refractivity contribution in [2.75, 3.05) is 7.11 Å². The van der Waals surface area contributed by atoms with Crippen LogP contribution in [0.4, 0.5) is 0 Å². The van der Waals surface area contributed by atoms with Crippen molar-refractivity contribution in [3.63, 3.8) is 0 Å². The lowest BCUT2D eigenvalue weighted by atomic mass is 9.65. The minimum atomic E-state index is 0.0299. The van der Waals surface area contributed by atoms with Crippen LogP contribution >= 0.6 is 22.6 Å². The van der Waals surface area contributed by atoms with Crippen molar-refractivity contribution in [2.24, 2.45) is 0 Å². The third-order valence-electron chi connectivity index (χ3n) is 3.00. The first-order valence-corrected chi connectivity index (χ1v) is 5.99. The molecule has 0 N–H and O–H groups in total. The molecule has 0 atom stereocenters. The number of Topliss-reactive ketones (excluding diaryl/α,β-unsaturated/α-hetero) is 1. The fourth-order valence-corrected chi connectivity index (χ4v) is 3.09. The Hall–Kier alpha value is -0.580. The molecule has 2 nitrogen and oxygen atoms in total. The van der Waals surface area contributed by atoms with Crippen LogP contribution in [0.2, 0.25) is 0 Å². The molecule has 0 saturated heterocycles. The van der Waals surface area contributed by atoms with Crippen LogP contribution in [0.5, 0.6) is 5.75 Å². The van der Waals surface area contributed by atoms with E-state index < -0.39 is 0 Å². The van der Waals surface area contributed by atoms with E-state index in [1.165, 1.54) is 9.13 Å². The molecule has 1 aliphatic rings. The third-order valence-corrected chi connectivity index (χ3v) is 3.94. The number of benzene rings is 1. The highest BCUT2D eigenvalue weighted by Crippen LogP contribution is 2.43. The number of halogens is 1. The van der Waals surface area contributed by atoms with Gasteiger partial charge < -0.3 is 4.74 Å². The maximum absolute atomic E-state index is 11.1. The second-order valence-corrected chi connectivity index (χ2v) is 5.46. The van der Waals surface area contributed by atoms with Crippen LogP contribution in [0.3, 0.4) is 0 Å². The second-order valence-electron chi connectivity index (χ2n) is 4.30. The topological polar surface area (TPSA) is 26.3 Å². The van der Waals surface area contributed by atoms with E-state index in [4.69, 9.17) is 4.74 Å². The summed E-state index contributed by atoms with van der Waals surface area (Å²) in [5.41, 5.74) is 1.27. The van der Waals surface area contributed by atoms with Gasteiger partial charge in [-0.15, -0.1) is 0 Å². The molecule has 0 aliphatic heterocycles. The summed E-state index contributed by atoms with van der Waals surface area (Å²) >= 11 is 2.32. The van der Waals surface area contributed by atoms with Crippen LogP contribution in [-0.4, -0.2) is 12.9 Å². The first-order valence-electron chi connectivity index (χ1n) is 4.91. The summed E-state index contributed by atoms with van der Waals surface area (Å²) in [7, 11) is 1.67. The van der Waals surface area contributed by atoms with Crippen LogP contribution in [0.15, 0.2) is 18.2 Å². The van der Waals surface area contributed by atoms with Crippen molar-refractivity contribution in [3.05, 3.63) is 27.3 Å². The molecule has 0 aromatic heterocycles. The smallest absolute Gasteiger partial charge is 0.134 e. The summed E-state index contributed by atoms with van der Waals surface area (Å²) in [6.07, 6.45) is 1.33. The molecule has 80 valence electrons. The number of carbonyl (C=O) groups excluding carboxylic acids is 1. The monoisotopic (exact) mass is 316 g/mol. The number of methoxy groups -OCH3 is 1. The Labute approximate surface area is 103 Å². The second kappa shape index (κ2) is 3.77. The minimum absolute atomic E-state index is 0.0299. The Balaban J connectivity index is 2.38. The number of ether oxygens (including phenoxy) is 1. The van der Waals surface area contributed by atoms with Gasteiger partial charge in [-0.25, -0.2) is 0 Å². The predicted octanol–water partition coefficient (Wildman–Crippen LogP) is 2.92. The SMILES string of the molecule is COc1ccc(I)c(C2(C)CC(=O)C2)c1. The molecule has 1 saturated carbocycles. The lowest BCUT2D eigenvalue weighted by Gasteiger charge is -2.38. The van der Waals surface area contributed by atoms with Crippen LogP contribution < -0.4 is 4.74 Å². The van der Waals surface area contributed by atoms with Gasteiger partial charge in [-0.1, -0.05) is 6.92 Å². The minimum Gasteiger partial charge on any atom is -0.497 e. The summed E-state index contributed by atoms with van der Waals surface area (Å²) in [5.74, 6) is 1.22. The first-order chi connectivity index (χ1) is 7.05. The molecule has 1 aromatic rings. The quantitative estimate of drug-likeness (QED) is 0.784. The van der Waals surface area contributed by atoms with E-state index >= 15 is 0 Å². The standard InChI is InChI=1S/C12H13IO2/c1-12(6-8(14)7-12)10-5-9(15-2)3-4-11(10)13/h3-5H,6-7H2,1-2H3. The van der Waals surface area contributed by atoms with Gasteiger partial charge in [-0.3, -0.25) is 4.79 Å². The molecule has 0 amide bonds. The average Bonchev–Trinajstić information content (AvgIpc) is 2.16. The predicted molar refractivity (Wildman–Crippen MR) is 67.3 cm³/mol. The molecule has 0 radical (unpaired) electrons. The van der Waals surface area contributed by atoms with Crippen LogP contribution in [0.25, 0.3) is 0 Å². The number of ketones is 1. The number of hydrogen-bond acceptors (Lipinski definition) is 2. The summed E-state index contributed by atoms with van der Waals surface area (Å²) in [5, 5.41) is 0. The van der Waals surface area contributed by atoms with E-state index in [1.54, 1.807) is 7.11 Å².